The van der Waals surface area contributed by atoms with Crippen molar-refractivity contribution in [3.8, 4) is 0 Å². The lowest BCUT2D eigenvalue weighted by molar-refractivity contribution is 0.102. The number of sulfonamides is 1. The Kier molecular flexibility index (Phi) is 5.74. The molecule has 2 N–H and O–H groups in total. The van der Waals surface area contributed by atoms with Crippen LogP contribution in [0.4, 0.5) is 11.4 Å². The summed E-state index contributed by atoms with van der Waals surface area (Å²) >= 11 is 7.13. The third kappa shape index (κ3) is 4.52. The number of rotatable bonds is 5. The van der Waals surface area contributed by atoms with E-state index in [0.29, 0.717) is 32.5 Å². The van der Waals surface area contributed by atoms with Crippen molar-refractivity contribution in [1.29, 1.82) is 0 Å². The number of nitrogens with one attached hydrogen (secondary N) is 2. The van der Waals surface area contributed by atoms with Crippen molar-refractivity contribution in [2.24, 2.45) is 0 Å². The number of anilines is 2. The van der Waals surface area contributed by atoms with Crippen LogP contribution in [0.5, 0.6) is 0 Å². The van der Waals surface area contributed by atoms with Gasteiger partial charge in [-0.25, -0.2) is 13.4 Å². The van der Waals surface area contributed by atoms with E-state index in [9.17, 15) is 13.2 Å². The molecule has 0 aliphatic carbocycles. The van der Waals surface area contributed by atoms with Gasteiger partial charge in [-0.15, -0.1) is 11.3 Å². The second-order valence-corrected chi connectivity index (χ2v) is 9.48. The van der Waals surface area contributed by atoms with Gasteiger partial charge >= 0.3 is 0 Å². The van der Waals surface area contributed by atoms with Crippen molar-refractivity contribution in [3.63, 3.8) is 0 Å². The summed E-state index contributed by atoms with van der Waals surface area (Å²) in [6.07, 6.45) is 0. The van der Waals surface area contributed by atoms with Gasteiger partial charge in [0.25, 0.3) is 15.9 Å². The van der Waals surface area contributed by atoms with E-state index in [-0.39, 0.29) is 10.8 Å². The van der Waals surface area contributed by atoms with Crippen molar-refractivity contribution in [2.45, 2.75) is 25.7 Å². The number of amides is 1. The molecule has 0 radical (unpaired) electrons. The van der Waals surface area contributed by atoms with Crippen molar-refractivity contribution >= 4 is 50.2 Å². The maximum Gasteiger partial charge on any atom is 0.267 e. The molecule has 3 rings (SSSR count). The predicted molar refractivity (Wildman–Crippen MR) is 113 cm³/mol. The number of halogens is 1. The summed E-state index contributed by atoms with van der Waals surface area (Å²) in [5.74, 6) is -0.319. The number of aromatic nitrogens is 1. The summed E-state index contributed by atoms with van der Waals surface area (Å²) in [6.45, 7) is 5.28. The molecule has 0 spiro atoms. The Hall–Kier alpha value is -2.42. The van der Waals surface area contributed by atoms with Gasteiger partial charge in [-0.05, 0) is 62.7 Å². The normalized spacial score (nSPS) is 11.3. The first-order chi connectivity index (χ1) is 13.2. The second kappa shape index (κ2) is 7.90. The van der Waals surface area contributed by atoms with Gasteiger partial charge < -0.3 is 5.32 Å². The highest BCUT2D eigenvalue weighted by molar-refractivity contribution is 7.92. The molecular weight excluding hydrogens is 418 g/mol. The topological polar surface area (TPSA) is 88.2 Å². The van der Waals surface area contributed by atoms with Crippen LogP contribution in [0.3, 0.4) is 0 Å². The van der Waals surface area contributed by atoms with Gasteiger partial charge in [0.2, 0.25) is 0 Å². The van der Waals surface area contributed by atoms with Crippen LogP contribution in [0, 0.1) is 20.8 Å². The number of carbonyl (C=O) groups excluding carboxylic acids is 1. The SMILES string of the molecule is Cc1nc(C)c(C(=O)Nc2ccc(C)c(S(=O)(=O)Nc3ccc(Cl)cc3)c2)s1. The Morgan fingerprint density at radius 2 is 1.68 bits per heavy atom. The number of carbonyl (C=O) groups is 1. The Morgan fingerprint density at radius 3 is 2.29 bits per heavy atom. The van der Waals surface area contributed by atoms with Crippen LogP contribution >= 0.6 is 22.9 Å². The van der Waals surface area contributed by atoms with Crippen LogP contribution < -0.4 is 10.0 Å². The Balaban J connectivity index is 1.87. The molecule has 6 nitrogen and oxygen atoms in total. The quantitative estimate of drug-likeness (QED) is 0.603. The van der Waals surface area contributed by atoms with E-state index in [1.54, 1.807) is 50.2 Å². The molecule has 2 aromatic carbocycles. The first-order valence-corrected chi connectivity index (χ1v) is 11.0. The zero-order valence-electron chi connectivity index (χ0n) is 15.4. The summed E-state index contributed by atoms with van der Waals surface area (Å²) in [7, 11) is -3.84. The zero-order valence-corrected chi connectivity index (χ0v) is 17.8. The van der Waals surface area contributed by atoms with Gasteiger partial charge in [-0.2, -0.15) is 0 Å². The van der Waals surface area contributed by atoms with Crippen molar-refractivity contribution in [2.75, 3.05) is 10.0 Å². The maximum atomic E-state index is 12.8. The average Bonchev–Trinajstić information content (AvgIpc) is 2.97. The van der Waals surface area contributed by atoms with Gasteiger partial charge in [-0.1, -0.05) is 17.7 Å². The Morgan fingerprint density at radius 1 is 1.04 bits per heavy atom. The first kappa shape index (κ1) is 20.3. The molecule has 1 heterocycles. The van der Waals surface area contributed by atoms with Crippen LogP contribution in [-0.2, 0) is 10.0 Å². The lowest BCUT2D eigenvalue weighted by atomic mass is 10.2. The third-order valence-corrected chi connectivity index (χ3v) is 6.79. The molecule has 1 aromatic heterocycles. The highest BCUT2D eigenvalue weighted by Crippen LogP contribution is 2.25. The van der Waals surface area contributed by atoms with Crippen LogP contribution in [0.15, 0.2) is 47.4 Å². The minimum Gasteiger partial charge on any atom is -0.321 e. The fraction of sp³-hybridized carbons (Fsp3) is 0.158. The second-order valence-electron chi connectivity index (χ2n) is 6.19. The molecule has 3 aromatic rings. The number of nitrogens with zero attached hydrogens (tertiary/aromatic N) is 1. The van der Waals surface area contributed by atoms with E-state index in [0.717, 1.165) is 5.01 Å². The minimum absolute atomic E-state index is 0.0810. The zero-order chi connectivity index (χ0) is 20.5. The largest absolute Gasteiger partial charge is 0.321 e. The molecular formula is C19H18ClN3O3S2. The number of hydrogen-bond donors (Lipinski definition) is 2. The number of thiazole rings is 1. The molecule has 146 valence electrons. The van der Waals surface area contributed by atoms with Crippen molar-refractivity contribution in [3.05, 3.63) is 68.6 Å². The summed E-state index contributed by atoms with van der Waals surface area (Å²) in [6, 6.07) is 11.1. The molecule has 0 aliphatic rings. The highest BCUT2D eigenvalue weighted by Gasteiger charge is 2.19. The minimum atomic E-state index is -3.84. The van der Waals surface area contributed by atoms with Crippen molar-refractivity contribution < 1.29 is 13.2 Å². The molecule has 28 heavy (non-hydrogen) atoms. The Labute approximate surface area is 172 Å². The molecule has 0 aliphatic heterocycles. The van der Waals surface area contributed by atoms with Gasteiger partial charge in [0, 0.05) is 16.4 Å². The average molecular weight is 436 g/mol. The van der Waals surface area contributed by atoms with E-state index in [1.807, 2.05) is 6.92 Å². The molecule has 0 atom stereocenters. The van der Waals surface area contributed by atoms with Gasteiger partial charge in [0.15, 0.2) is 0 Å². The molecule has 0 fully saturated rings. The summed E-state index contributed by atoms with van der Waals surface area (Å²) in [5.41, 5.74) is 1.99. The highest BCUT2D eigenvalue weighted by atomic mass is 35.5. The number of hydrogen-bond acceptors (Lipinski definition) is 5. The number of benzene rings is 2. The van der Waals surface area contributed by atoms with Crippen molar-refractivity contribution in [1.82, 2.24) is 4.98 Å². The fourth-order valence-corrected chi connectivity index (χ4v) is 4.90. The lowest BCUT2D eigenvalue weighted by Gasteiger charge is -2.12. The lowest BCUT2D eigenvalue weighted by Crippen LogP contribution is -2.16. The molecule has 9 heteroatoms. The van der Waals surface area contributed by atoms with Crippen LogP contribution in [0.25, 0.3) is 0 Å². The fourth-order valence-electron chi connectivity index (χ4n) is 2.63. The predicted octanol–water partition coefficient (Wildman–Crippen LogP) is 4.77. The van der Waals surface area contributed by atoms with Crippen LogP contribution in [0.1, 0.15) is 25.9 Å². The monoisotopic (exact) mass is 435 g/mol. The molecule has 0 bridgehead atoms. The van der Waals surface area contributed by atoms with E-state index in [1.165, 1.54) is 17.4 Å². The third-order valence-electron chi connectivity index (χ3n) is 3.94. The van der Waals surface area contributed by atoms with Gasteiger partial charge in [0.1, 0.15) is 4.88 Å². The molecule has 0 unspecified atom stereocenters. The molecule has 0 saturated heterocycles. The summed E-state index contributed by atoms with van der Waals surface area (Å²) < 4.78 is 28.1. The smallest absolute Gasteiger partial charge is 0.267 e. The maximum absolute atomic E-state index is 12.8. The van der Waals surface area contributed by atoms with Gasteiger partial charge in [0.05, 0.1) is 15.6 Å². The Bertz CT molecular complexity index is 1140. The van der Waals surface area contributed by atoms with Gasteiger partial charge in [-0.3, -0.25) is 9.52 Å². The van der Waals surface area contributed by atoms with E-state index in [2.05, 4.69) is 15.0 Å². The summed E-state index contributed by atoms with van der Waals surface area (Å²) in [4.78, 5) is 17.3. The first-order valence-electron chi connectivity index (χ1n) is 8.30. The standard InChI is InChI=1S/C19H18ClN3O3S2/c1-11-4-7-16(22-19(24)18-12(2)21-13(3)27-18)10-17(11)28(25,26)23-15-8-5-14(20)6-9-15/h4-10,23H,1-3H3,(H,22,24). The van der Waals surface area contributed by atoms with Crippen LogP contribution in [-0.4, -0.2) is 19.3 Å². The molecule has 1 amide bonds. The van der Waals surface area contributed by atoms with E-state index in [4.69, 9.17) is 11.6 Å². The van der Waals surface area contributed by atoms with Crippen LogP contribution in [0.2, 0.25) is 5.02 Å². The van der Waals surface area contributed by atoms with E-state index < -0.39 is 10.0 Å². The summed E-state index contributed by atoms with van der Waals surface area (Å²) in [5, 5.41) is 4.05. The van der Waals surface area contributed by atoms with E-state index >= 15 is 0 Å². The molecule has 0 saturated carbocycles. The number of aryl methyl sites for hydroxylation is 3.